The molecular weight excluding hydrogens is 387 g/mol. The number of carbonyl (C=O) groups is 1. The average molecular weight is 396 g/mol. The first-order chi connectivity index (χ1) is 11.5. The van der Waals surface area contributed by atoms with Gasteiger partial charge in [-0.3, -0.25) is 4.79 Å². The van der Waals surface area contributed by atoms with E-state index in [2.05, 4.69) is 10.9 Å². The van der Waals surface area contributed by atoms with E-state index >= 15 is 0 Å². The van der Waals surface area contributed by atoms with Gasteiger partial charge in [-0.25, -0.2) is 0 Å². The molecule has 0 aliphatic heterocycles. The van der Waals surface area contributed by atoms with E-state index in [1.807, 2.05) is 0 Å². The van der Waals surface area contributed by atoms with Crippen molar-refractivity contribution in [2.75, 3.05) is 0 Å². The summed E-state index contributed by atoms with van der Waals surface area (Å²) in [7, 11) is 0. The Hall–Kier alpha value is -1.77. The third-order valence-electron chi connectivity index (χ3n) is 3.25. The van der Waals surface area contributed by atoms with Crippen molar-refractivity contribution in [1.29, 1.82) is 0 Å². The molecular formula is C17H9Cl3N2OS. The summed E-state index contributed by atoms with van der Waals surface area (Å²) in [6.45, 7) is 0.232. The molecule has 0 saturated heterocycles. The fourth-order valence-electron chi connectivity index (χ4n) is 2.23. The van der Waals surface area contributed by atoms with E-state index in [-0.39, 0.29) is 6.54 Å². The second kappa shape index (κ2) is 7.00. The Morgan fingerprint density at radius 3 is 2.67 bits per heavy atom. The molecule has 0 fully saturated rings. The van der Waals surface area contributed by atoms with Crippen molar-refractivity contribution in [2.45, 2.75) is 6.54 Å². The first-order valence-corrected chi connectivity index (χ1v) is 8.71. The predicted octanol–water partition coefficient (Wildman–Crippen LogP) is 5.04. The van der Waals surface area contributed by atoms with Gasteiger partial charge in [0, 0.05) is 5.02 Å². The standard InChI is InChI=1S/C17H9Cl3N2OS/c1-2-7-22-15-13(20)8-10(18)9-14(15)24-17(22)21-16(23)11-5-3-4-6-12(11)19/h1,3-6,8-9H,7H2. The van der Waals surface area contributed by atoms with Crippen molar-refractivity contribution in [3.63, 3.8) is 0 Å². The van der Waals surface area contributed by atoms with Gasteiger partial charge in [-0.2, -0.15) is 4.99 Å². The van der Waals surface area contributed by atoms with Gasteiger partial charge in [0.05, 0.1) is 32.4 Å². The van der Waals surface area contributed by atoms with Crippen LogP contribution in [-0.4, -0.2) is 10.5 Å². The summed E-state index contributed by atoms with van der Waals surface area (Å²) in [5, 5.41) is 1.30. The van der Waals surface area contributed by atoms with Gasteiger partial charge in [-0.15, -0.1) is 6.42 Å². The lowest BCUT2D eigenvalue weighted by molar-refractivity contribution is 0.0998. The van der Waals surface area contributed by atoms with Crippen molar-refractivity contribution in [3.8, 4) is 12.3 Å². The molecule has 0 saturated carbocycles. The number of thiazole rings is 1. The monoisotopic (exact) mass is 394 g/mol. The van der Waals surface area contributed by atoms with Gasteiger partial charge in [0.2, 0.25) is 0 Å². The molecule has 120 valence electrons. The maximum Gasteiger partial charge on any atom is 0.281 e. The molecule has 7 heteroatoms. The Bertz CT molecular complexity index is 1060. The smallest absolute Gasteiger partial charge is 0.281 e. The third kappa shape index (κ3) is 3.22. The number of hydrogen-bond acceptors (Lipinski definition) is 2. The SMILES string of the molecule is C#CCn1c(=NC(=O)c2ccccc2Cl)sc2cc(Cl)cc(Cl)c21. The van der Waals surface area contributed by atoms with E-state index in [0.29, 0.717) is 30.9 Å². The van der Waals surface area contributed by atoms with E-state index in [4.69, 9.17) is 41.2 Å². The van der Waals surface area contributed by atoms with Crippen molar-refractivity contribution >= 4 is 62.3 Å². The zero-order valence-electron chi connectivity index (χ0n) is 12.1. The second-order valence-corrected chi connectivity index (χ2v) is 7.07. The Morgan fingerprint density at radius 2 is 1.96 bits per heavy atom. The Labute approximate surface area is 157 Å². The minimum atomic E-state index is -0.444. The highest BCUT2D eigenvalue weighted by molar-refractivity contribution is 7.16. The molecule has 0 unspecified atom stereocenters. The van der Waals surface area contributed by atoms with E-state index in [1.165, 1.54) is 11.3 Å². The van der Waals surface area contributed by atoms with E-state index < -0.39 is 5.91 Å². The van der Waals surface area contributed by atoms with Gasteiger partial charge in [-0.1, -0.05) is 64.2 Å². The van der Waals surface area contributed by atoms with Crippen LogP contribution in [0.5, 0.6) is 0 Å². The van der Waals surface area contributed by atoms with Gasteiger partial charge in [0.25, 0.3) is 5.91 Å². The van der Waals surface area contributed by atoms with Crippen molar-refractivity contribution in [2.24, 2.45) is 4.99 Å². The van der Waals surface area contributed by atoms with Crippen molar-refractivity contribution in [1.82, 2.24) is 4.57 Å². The summed E-state index contributed by atoms with van der Waals surface area (Å²) in [6, 6.07) is 10.1. The fraction of sp³-hybridized carbons (Fsp3) is 0.0588. The fourth-order valence-corrected chi connectivity index (χ4v) is 4.26. The third-order valence-corrected chi connectivity index (χ3v) is 5.11. The first-order valence-electron chi connectivity index (χ1n) is 6.76. The largest absolute Gasteiger partial charge is 0.303 e. The maximum atomic E-state index is 12.5. The number of terminal acetylenes is 1. The number of aromatic nitrogens is 1. The van der Waals surface area contributed by atoms with Crippen LogP contribution >= 0.6 is 46.1 Å². The normalized spacial score (nSPS) is 11.7. The highest BCUT2D eigenvalue weighted by atomic mass is 35.5. The minimum absolute atomic E-state index is 0.232. The van der Waals surface area contributed by atoms with Crippen LogP contribution in [-0.2, 0) is 6.54 Å². The van der Waals surface area contributed by atoms with Crippen LogP contribution in [0.3, 0.4) is 0 Å². The molecule has 0 aliphatic rings. The number of nitrogens with zero attached hydrogens (tertiary/aromatic N) is 2. The summed E-state index contributed by atoms with van der Waals surface area (Å²) < 4.78 is 2.52. The summed E-state index contributed by atoms with van der Waals surface area (Å²) in [5.74, 6) is 2.11. The van der Waals surface area contributed by atoms with Crippen LogP contribution < -0.4 is 4.80 Å². The number of hydrogen-bond donors (Lipinski definition) is 0. The Morgan fingerprint density at radius 1 is 1.21 bits per heavy atom. The first kappa shape index (κ1) is 17.1. The summed E-state index contributed by atoms with van der Waals surface area (Å²) in [6.07, 6.45) is 5.44. The van der Waals surface area contributed by atoms with Crippen LogP contribution in [0.4, 0.5) is 0 Å². The van der Waals surface area contributed by atoms with Crippen molar-refractivity contribution < 1.29 is 4.79 Å². The molecule has 3 rings (SSSR count). The zero-order chi connectivity index (χ0) is 17.3. The maximum absolute atomic E-state index is 12.5. The molecule has 0 spiro atoms. The zero-order valence-corrected chi connectivity index (χ0v) is 15.2. The summed E-state index contributed by atoms with van der Waals surface area (Å²) >= 11 is 19.7. The highest BCUT2D eigenvalue weighted by Crippen LogP contribution is 2.29. The number of carbonyl (C=O) groups excluding carboxylic acids is 1. The van der Waals surface area contributed by atoms with Gasteiger partial charge in [0.1, 0.15) is 0 Å². The molecule has 0 radical (unpaired) electrons. The van der Waals surface area contributed by atoms with Crippen LogP contribution in [0.15, 0.2) is 41.4 Å². The molecule has 3 nitrogen and oxygen atoms in total. The number of benzene rings is 2. The Balaban J connectivity index is 2.24. The highest BCUT2D eigenvalue weighted by Gasteiger charge is 2.13. The molecule has 2 aromatic carbocycles. The predicted molar refractivity (Wildman–Crippen MR) is 100 cm³/mol. The van der Waals surface area contributed by atoms with Gasteiger partial charge < -0.3 is 4.57 Å². The second-order valence-electron chi connectivity index (χ2n) is 4.81. The number of halogens is 3. The van der Waals surface area contributed by atoms with E-state index in [9.17, 15) is 4.79 Å². The van der Waals surface area contributed by atoms with Crippen LogP contribution in [0, 0.1) is 12.3 Å². The van der Waals surface area contributed by atoms with Gasteiger partial charge in [-0.05, 0) is 24.3 Å². The number of fused-ring (bicyclic) bond motifs is 1. The van der Waals surface area contributed by atoms with E-state index in [0.717, 1.165) is 4.70 Å². The molecule has 0 N–H and O–H groups in total. The molecule has 1 heterocycles. The number of amides is 1. The molecule has 1 aromatic heterocycles. The van der Waals surface area contributed by atoms with Gasteiger partial charge in [0.15, 0.2) is 4.80 Å². The topological polar surface area (TPSA) is 34.4 Å². The van der Waals surface area contributed by atoms with Crippen LogP contribution in [0.2, 0.25) is 15.1 Å². The molecule has 0 aliphatic carbocycles. The Kier molecular flexibility index (Phi) is 4.98. The average Bonchev–Trinajstić information content (AvgIpc) is 2.85. The molecule has 0 bridgehead atoms. The summed E-state index contributed by atoms with van der Waals surface area (Å²) in [4.78, 5) is 17.1. The van der Waals surface area contributed by atoms with E-state index in [1.54, 1.807) is 41.0 Å². The van der Waals surface area contributed by atoms with Crippen LogP contribution in [0.1, 0.15) is 10.4 Å². The molecule has 3 aromatic rings. The lowest BCUT2D eigenvalue weighted by atomic mass is 10.2. The number of rotatable bonds is 2. The van der Waals surface area contributed by atoms with Crippen LogP contribution in [0.25, 0.3) is 10.2 Å². The van der Waals surface area contributed by atoms with Crippen molar-refractivity contribution in [3.05, 3.63) is 61.8 Å². The van der Waals surface area contributed by atoms with Gasteiger partial charge >= 0.3 is 0 Å². The molecule has 24 heavy (non-hydrogen) atoms. The lowest BCUT2D eigenvalue weighted by Crippen LogP contribution is -2.16. The molecule has 0 atom stereocenters. The minimum Gasteiger partial charge on any atom is -0.303 e. The summed E-state index contributed by atoms with van der Waals surface area (Å²) in [5.41, 5.74) is 1.03. The quantitative estimate of drug-likeness (QED) is 0.560. The lowest BCUT2D eigenvalue weighted by Gasteiger charge is -2.02. The molecule has 1 amide bonds.